The van der Waals surface area contributed by atoms with E-state index in [-0.39, 0.29) is 5.91 Å². The lowest BCUT2D eigenvalue weighted by molar-refractivity contribution is -0.130. The Bertz CT molecular complexity index is 820. The van der Waals surface area contributed by atoms with Crippen LogP contribution in [0.4, 0.5) is 0 Å². The molecule has 0 aromatic carbocycles. The van der Waals surface area contributed by atoms with Crippen LogP contribution >= 0.6 is 0 Å². The van der Waals surface area contributed by atoms with Gasteiger partial charge in [0.1, 0.15) is 0 Å². The van der Waals surface area contributed by atoms with Gasteiger partial charge in [-0.3, -0.25) is 14.8 Å². The van der Waals surface area contributed by atoms with E-state index in [2.05, 4.69) is 37.5 Å². The third-order valence-corrected chi connectivity index (χ3v) is 6.31. The van der Waals surface area contributed by atoms with E-state index in [1.807, 2.05) is 11.7 Å². The smallest absolute Gasteiger partial charge is 0.222 e. The number of hydrogen-bond donors (Lipinski definition) is 1. The van der Waals surface area contributed by atoms with E-state index in [0.717, 1.165) is 56.3 Å². The molecule has 0 saturated carbocycles. The molecule has 1 aliphatic carbocycles. The highest BCUT2D eigenvalue weighted by Gasteiger charge is 2.21. The number of H-pyrrole nitrogens is 1. The summed E-state index contributed by atoms with van der Waals surface area (Å²) in [5.41, 5.74) is 3.58. The molecular weight excluding hydrogens is 368 g/mol. The van der Waals surface area contributed by atoms with Crippen molar-refractivity contribution in [3.8, 4) is 0 Å². The summed E-state index contributed by atoms with van der Waals surface area (Å²) in [6, 6.07) is 0. The Morgan fingerprint density at radius 1 is 1.28 bits per heavy atom. The molecule has 1 amide bonds. The van der Waals surface area contributed by atoms with Gasteiger partial charge in [-0.25, -0.2) is 4.68 Å². The van der Waals surface area contributed by atoms with Crippen LogP contribution < -0.4 is 0 Å². The molecule has 3 heterocycles. The van der Waals surface area contributed by atoms with Crippen LogP contribution in [0.25, 0.3) is 0 Å². The largest absolute Gasteiger partial charge is 0.340 e. The second-order valence-electron chi connectivity index (χ2n) is 8.61. The van der Waals surface area contributed by atoms with Gasteiger partial charge < -0.3 is 4.90 Å². The fourth-order valence-electron chi connectivity index (χ4n) is 4.33. The molecule has 0 spiro atoms. The summed E-state index contributed by atoms with van der Waals surface area (Å²) in [5, 5.41) is 19.7. The molecule has 0 atom stereocenters. The Morgan fingerprint density at radius 2 is 2.10 bits per heavy atom. The number of amides is 1. The van der Waals surface area contributed by atoms with Gasteiger partial charge in [-0.15, -0.1) is 5.10 Å². The van der Waals surface area contributed by atoms with E-state index >= 15 is 0 Å². The molecule has 9 nitrogen and oxygen atoms in total. The van der Waals surface area contributed by atoms with Crippen molar-refractivity contribution in [2.75, 3.05) is 20.1 Å². The van der Waals surface area contributed by atoms with Crippen molar-refractivity contribution < 1.29 is 4.79 Å². The minimum Gasteiger partial charge on any atom is -0.340 e. The maximum Gasteiger partial charge on any atom is 0.222 e. The van der Waals surface area contributed by atoms with Crippen LogP contribution in [-0.2, 0) is 37.3 Å². The van der Waals surface area contributed by atoms with Crippen molar-refractivity contribution in [3.05, 3.63) is 22.8 Å². The number of piperidine rings is 1. The number of aryl methyl sites for hydroxylation is 2. The number of carbonyl (C=O) groups is 1. The average molecular weight is 401 g/mol. The van der Waals surface area contributed by atoms with Crippen LogP contribution in [0.1, 0.15) is 61.8 Å². The first kappa shape index (κ1) is 20.0. The van der Waals surface area contributed by atoms with Gasteiger partial charge in [-0.1, -0.05) is 6.92 Å². The molecular formula is C20H32N8O. The lowest BCUT2D eigenvalue weighted by Crippen LogP contribution is -2.33. The van der Waals surface area contributed by atoms with Crippen molar-refractivity contribution in [3.63, 3.8) is 0 Å². The van der Waals surface area contributed by atoms with Crippen LogP contribution in [0.5, 0.6) is 0 Å². The SMILES string of the molecule is CC1CCN(Cc2nnnn2CCCC(=O)N(C)Cc2n[nH]c3c2CCC3)CC1. The topological polar surface area (TPSA) is 95.8 Å². The average Bonchev–Trinajstić information content (AvgIpc) is 3.43. The number of aromatic nitrogens is 6. The van der Waals surface area contributed by atoms with E-state index in [1.54, 1.807) is 4.90 Å². The Balaban J connectivity index is 1.23. The van der Waals surface area contributed by atoms with E-state index in [1.165, 1.54) is 30.5 Å². The van der Waals surface area contributed by atoms with Gasteiger partial charge in [0.05, 0.1) is 18.8 Å². The highest BCUT2D eigenvalue weighted by Crippen LogP contribution is 2.23. The predicted octanol–water partition coefficient (Wildman–Crippen LogP) is 1.56. The van der Waals surface area contributed by atoms with Crippen molar-refractivity contribution >= 4 is 5.91 Å². The lowest BCUT2D eigenvalue weighted by atomic mass is 9.99. The van der Waals surface area contributed by atoms with Gasteiger partial charge in [-0.05, 0) is 73.5 Å². The Kier molecular flexibility index (Phi) is 6.22. The van der Waals surface area contributed by atoms with Crippen LogP contribution in [0.15, 0.2) is 0 Å². The van der Waals surface area contributed by atoms with Crippen LogP contribution in [0.3, 0.4) is 0 Å². The zero-order valence-electron chi connectivity index (χ0n) is 17.6. The maximum atomic E-state index is 12.5. The number of carbonyl (C=O) groups excluding carboxylic acids is 1. The third kappa shape index (κ3) is 4.83. The number of aromatic amines is 1. The molecule has 0 bridgehead atoms. The van der Waals surface area contributed by atoms with E-state index < -0.39 is 0 Å². The quantitative estimate of drug-likeness (QED) is 0.722. The van der Waals surface area contributed by atoms with Crippen molar-refractivity contribution in [2.24, 2.45) is 5.92 Å². The standard InChI is InChI=1S/C20H32N8O/c1-15-8-11-27(12-9-15)14-19-23-24-25-28(19)10-4-7-20(29)26(2)13-18-16-5-3-6-17(16)21-22-18/h15H,3-14H2,1-2H3,(H,21,22). The van der Waals surface area contributed by atoms with Gasteiger partial charge in [-0.2, -0.15) is 5.10 Å². The number of tetrazole rings is 1. The van der Waals surface area contributed by atoms with Gasteiger partial charge in [0.15, 0.2) is 5.82 Å². The highest BCUT2D eigenvalue weighted by molar-refractivity contribution is 5.75. The summed E-state index contributed by atoms with van der Waals surface area (Å²) < 4.78 is 1.85. The number of likely N-dealkylation sites (tertiary alicyclic amines) is 1. The van der Waals surface area contributed by atoms with E-state index in [9.17, 15) is 4.79 Å². The minimum atomic E-state index is 0.138. The fourth-order valence-corrected chi connectivity index (χ4v) is 4.33. The second-order valence-corrected chi connectivity index (χ2v) is 8.61. The van der Waals surface area contributed by atoms with Crippen LogP contribution in [0, 0.1) is 5.92 Å². The van der Waals surface area contributed by atoms with Crippen molar-refractivity contribution in [1.82, 2.24) is 40.2 Å². The molecule has 2 aliphatic rings. The van der Waals surface area contributed by atoms with Crippen molar-refractivity contribution in [1.29, 1.82) is 0 Å². The second kappa shape index (κ2) is 9.02. The van der Waals surface area contributed by atoms with E-state index in [0.29, 0.717) is 19.5 Å². The molecule has 0 unspecified atom stereocenters. The number of nitrogens with zero attached hydrogens (tertiary/aromatic N) is 7. The molecule has 2 aromatic heterocycles. The first-order valence-corrected chi connectivity index (χ1v) is 10.9. The number of rotatable bonds is 8. The zero-order valence-corrected chi connectivity index (χ0v) is 17.6. The third-order valence-electron chi connectivity index (χ3n) is 6.31. The van der Waals surface area contributed by atoms with Gasteiger partial charge in [0.2, 0.25) is 5.91 Å². The first-order valence-electron chi connectivity index (χ1n) is 10.9. The molecule has 158 valence electrons. The summed E-state index contributed by atoms with van der Waals surface area (Å²) >= 11 is 0. The number of hydrogen-bond acceptors (Lipinski definition) is 6. The molecule has 0 radical (unpaired) electrons. The minimum absolute atomic E-state index is 0.138. The van der Waals surface area contributed by atoms with Crippen molar-refractivity contribution in [2.45, 2.75) is 71.5 Å². The molecule has 29 heavy (non-hydrogen) atoms. The zero-order chi connectivity index (χ0) is 20.2. The van der Waals surface area contributed by atoms with Gasteiger partial charge in [0.25, 0.3) is 0 Å². The van der Waals surface area contributed by atoms with E-state index in [4.69, 9.17) is 0 Å². The van der Waals surface area contributed by atoms with Crippen LogP contribution in [-0.4, -0.2) is 66.2 Å². The summed E-state index contributed by atoms with van der Waals surface area (Å²) in [6.07, 6.45) is 7.02. The predicted molar refractivity (Wildman–Crippen MR) is 108 cm³/mol. The number of fused-ring (bicyclic) bond motifs is 1. The normalized spacial score (nSPS) is 17.6. The highest BCUT2D eigenvalue weighted by atomic mass is 16.2. The van der Waals surface area contributed by atoms with Gasteiger partial charge >= 0.3 is 0 Å². The molecule has 1 fully saturated rings. The van der Waals surface area contributed by atoms with Gasteiger partial charge in [0, 0.05) is 25.7 Å². The molecule has 1 N–H and O–H groups in total. The monoisotopic (exact) mass is 400 g/mol. The van der Waals surface area contributed by atoms with Crippen LogP contribution in [0.2, 0.25) is 0 Å². The lowest BCUT2D eigenvalue weighted by Gasteiger charge is -2.29. The molecule has 2 aromatic rings. The fraction of sp³-hybridized carbons (Fsp3) is 0.750. The Labute approximate surface area is 171 Å². The number of nitrogens with one attached hydrogen (secondary N) is 1. The Hall–Kier alpha value is -2.29. The molecule has 9 heteroatoms. The molecule has 1 aliphatic heterocycles. The first-order chi connectivity index (χ1) is 14.1. The summed E-state index contributed by atoms with van der Waals surface area (Å²) in [6.45, 7) is 6.56. The summed E-state index contributed by atoms with van der Waals surface area (Å²) in [7, 11) is 1.86. The summed E-state index contributed by atoms with van der Waals surface area (Å²) in [5.74, 6) is 1.85. The summed E-state index contributed by atoms with van der Waals surface area (Å²) in [4.78, 5) is 16.8. The molecule has 1 saturated heterocycles. The molecule has 4 rings (SSSR count). The Morgan fingerprint density at radius 3 is 2.93 bits per heavy atom. The maximum absolute atomic E-state index is 12.5.